The summed E-state index contributed by atoms with van der Waals surface area (Å²) in [5, 5.41) is 13.8. The van der Waals surface area contributed by atoms with Crippen molar-refractivity contribution in [3.63, 3.8) is 0 Å². The van der Waals surface area contributed by atoms with Gasteiger partial charge in [-0.2, -0.15) is 0 Å². The molecule has 1 N–H and O–H groups in total. The van der Waals surface area contributed by atoms with E-state index in [2.05, 4.69) is 10.0 Å². The molecule has 0 spiro atoms. The first kappa shape index (κ1) is 18.9. The smallest absolute Gasteiger partial charge is 0.338 e. The Kier molecular flexibility index (Phi) is 6.40. The van der Waals surface area contributed by atoms with E-state index in [-0.39, 0.29) is 13.2 Å². The average molecular weight is 369 g/mol. The number of carbonyl (C=O) groups is 1. The van der Waals surface area contributed by atoms with Gasteiger partial charge < -0.3 is 19.3 Å². The quantitative estimate of drug-likeness (QED) is 0.364. The first-order chi connectivity index (χ1) is 13.2. The summed E-state index contributed by atoms with van der Waals surface area (Å²) < 4.78 is 16.9. The van der Waals surface area contributed by atoms with Crippen LogP contribution in [-0.4, -0.2) is 42.5 Å². The topological polar surface area (TPSA) is 114 Å². The number of rotatable bonds is 6. The third-order valence-electron chi connectivity index (χ3n) is 4.11. The molecule has 1 aliphatic rings. The van der Waals surface area contributed by atoms with Crippen LogP contribution in [0.5, 0.6) is 0 Å². The summed E-state index contributed by atoms with van der Waals surface area (Å²) in [6, 6.07) is 17.6. The van der Waals surface area contributed by atoms with Crippen molar-refractivity contribution in [3.8, 4) is 0 Å². The van der Waals surface area contributed by atoms with Gasteiger partial charge in [0, 0.05) is 10.5 Å². The van der Waals surface area contributed by atoms with E-state index in [1.807, 2.05) is 30.3 Å². The molecule has 0 amide bonds. The van der Waals surface area contributed by atoms with Crippen LogP contribution in [-0.2, 0) is 14.2 Å². The molecular formula is C19H19N3O5. The minimum Gasteiger partial charge on any atom is -0.456 e. The standard InChI is InChI=1S/C19H19N3O5/c20-22-21-11-16(26-18(24)13-7-3-1-4-8-13)17-15(23)12-25-19(27-17)14-9-5-2-6-10-14/h1-10,15-17,19,23H,11-12H2/t15?,16-,17-,19?/m1/s1. The molecule has 140 valence electrons. The largest absolute Gasteiger partial charge is 0.456 e. The number of nitrogens with zero attached hydrogens (tertiary/aromatic N) is 3. The molecule has 4 atom stereocenters. The zero-order chi connectivity index (χ0) is 19.1. The minimum atomic E-state index is -1.03. The predicted molar refractivity (Wildman–Crippen MR) is 95.7 cm³/mol. The van der Waals surface area contributed by atoms with Crippen molar-refractivity contribution in [2.24, 2.45) is 5.11 Å². The number of benzene rings is 2. The highest BCUT2D eigenvalue weighted by atomic mass is 16.7. The first-order valence-corrected chi connectivity index (χ1v) is 8.46. The van der Waals surface area contributed by atoms with Crippen LogP contribution >= 0.6 is 0 Å². The lowest BCUT2D eigenvalue weighted by Crippen LogP contribution is -2.50. The summed E-state index contributed by atoms with van der Waals surface area (Å²) >= 11 is 0. The van der Waals surface area contributed by atoms with Crippen LogP contribution in [0.25, 0.3) is 10.4 Å². The van der Waals surface area contributed by atoms with Gasteiger partial charge in [0.25, 0.3) is 0 Å². The summed E-state index contributed by atoms with van der Waals surface area (Å²) in [5.41, 5.74) is 9.77. The summed E-state index contributed by atoms with van der Waals surface area (Å²) in [6.45, 7) is -0.168. The van der Waals surface area contributed by atoms with Crippen LogP contribution in [0.15, 0.2) is 65.8 Å². The second kappa shape index (κ2) is 9.16. The predicted octanol–water partition coefficient (Wildman–Crippen LogP) is 3.00. The Bertz CT molecular complexity index is 796. The van der Waals surface area contributed by atoms with Gasteiger partial charge >= 0.3 is 5.97 Å². The highest BCUT2D eigenvalue weighted by Crippen LogP contribution is 2.29. The molecule has 8 nitrogen and oxygen atoms in total. The highest BCUT2D eigenvalue weighted by Gasteiger charge is 2.39. The van der Waals surface area contributed by atoms with E-state index in [0.717, 1.165) is 5.56 Å². The maximum Gasteiger partial charge on any atom is 0.338 e. The van der Waals surface area contributed by atoms with Gasteiger partial charge in [-0.15, -0.1) is 0 Å². The van der Waals surface area contributed by atoms with Crippen molar-refractivity contribution < 1.29 is 24.1 Å². The van der Waals surface area contributed by atoms with E-state index in [0.29, 0.717) is 5.56 Å². The Labute approximate surface area is 155 Å². The minimum absolute atomic E-state index is 0.000116. The van der Waals surface area contributed by atoms with Gasteiger partial charge in [-0.3, -0.25) is 0 Å². The van der Waals surface area contributed by atoms with E-state index in [1.54, 1.807) is 30.3 Å². The van der Waals surface area contributed by atoms with Crippen LogP contribution < -0.4 is 0 Å². The van der Waals surface area contributed by atoms with E-state index in [9.17, 15) is 9.90 Å². The van der Waals surface area contributed by atoms with Crippen LogP contribution in [0.4, 0.5) is 0 Å². The number of ether oxygens (including phenoxy) is 3. The van der Waals surface area contributed by atoms with Gasteiger partial charge in [0.1, 0.15) is 18.3 Å². The summed E-state index contributed by atoms with van der Waals surface area (Å²) in [4.78, 5) is 15.1. The molecule has 2 unspecified atom stereocenters. The molecule has 27 heavy (non-hydrogen) atoms. The van der Waals surface area contributed by atoms with Gasteiger partial charge in [0.15, 0.2) is 6.29 Å². The van der Waals surface area contributed by atoms with Gasteiger partial charge in [-0.25, -0.2) is 4.79 Å². The van der Waals surface area contributed by atoms with Crippen LogP contribution in [0, 0.1) is 0 Å². The van der Waals surface area contributed by atoms with Crippen molar-refractivity contribution in [2.45, 2.75) is 24.6 Å². The SMILES string of the molecule is [N-]=[N+]=NC[C@@H](OC(=O)c1ccccc1)[C@@H]1OC(c2ccccc2)OCC1O. The third-order valence-corrected chi connectivity index (χ3v) is 4.11. The number of esters is 1. The molecule has 8 heteroatoms. The van der Waals surface area contributed by atoms with Crippen LogP contribution in [0.3, 0.4) is 0 Å². The maximum absolute atomic E-state index is 12.4. The van der Waals surface area contributed by atoms with Gasteiger partial charge in [-0.1, -0.05) is 53.6 Å². The van der Waals surface area contributed by atoms with Crippen molar-refractivity contribution in [1.29, 1.82) is 0 Å². The molecule has 1 fully saturated rings. The molecule has 2 aromatic carbocycles. The number of azide groups is 1. The molecular weight excluding hydrogens is 350 g/mol. The van der Waals surface area contributed by atoms with E-state index in [1.165, 1.54) is 0 Å². The van der Waals surface area contributed by atoms with Gasteiger partial charge in [0.2, 0.25) is 0 Å². The van der Waals surface area contributed by atoms with Gasteiger partial charge in [-0.05, 0) is 17.7 Å². The zero-order valence-corrected chi connectivity index (χ0v) is 14.4. The lowest BCUT2D eigenvalue weighted by atomic mass is 10.1. The maximum atomic E-state index is 12.4. The second-order valence-corrected chi connectivity index (χ2v) is 5.97. The zero-order valence-electron chi connectivity index (χ0n) is 14.4. The molecule has 3 rings (SSSR count). The van der Waals surface area contributed by atoms with Crippen molar-refractivity contribution in [1.82, 2.24) is 0 Å². The summed E-state index contributed by atoms with van der Waals surface area (Å²) in [6.07, 6.45) is -3.61. The molecule has 1 heterocycles. The van der Waals surface area contributed by atoms with E-state index >= 15 is 0 Å². The van der Waals surface area contributed by atoms with Crippen LogP contribution in [0.2, 0.25) is 0 Å². The Morgan fingerprint density at radius 1 is 1.22 bits per heavy atom. The molecule has 1 aliphatic heterocycles. The van der Waals surface area contributed by atoms with Crippen molar-refractivity contribution in [3.05, 3.63) is 82.2 Å². The lowest BCUT2D eigenvalue weighted by Gasteiger charge is -2.37. The fourth-order valence-electron chi connectivity index (χ4n) is 2.78. The van der Waals surface area contributed by atoms with E-state index in [4.69, 9.17) is 19.7 Å². The Morgan fingerprint density at radius 3 is 2.56 bits per heavy atom. The molecule has 2 aromatic rings. The number of aliphatic hydroxyl groups excluding tert-OH is 1. The van der Waals surface area contributed by atoms with E-state index < -0.39 is 30.6 Å². The Morgan fingerprint density at radius 2 is 1.89 bits per heavy atom. The lowest BCUT2D eigenvalue weighted by molar-refractivity contribution is -0.274. The number of aliphatic hydroxyl groups is 1. The highest BCUT2D eigenvalue weighted by molar-refractivity contribution is 5.89. The summed E-state index contributed by atoms with van der Waals surface area (Å²) in [7, 11) is 0. The fourth-order valence-corrected chi connectivity index (χ4v) is 2.78. The van der Waals surface area contributed by atoms with Gasteiger partial charge in [0.05, 0.1) is 18.7 Å². The molecule has 0 radical (unpaired) electrons. The Hall–Kier alpha value is -2.90. The normalized spacial score (nSPS) is 23.1. The second-order valence-electron chi connectivity index (χ2n) is 5.97. The number of hydrogen-bond donors (Lipinski definition) is 1. The fraction of sp³-hybridized carbons (Fsp3) is 0.316. The monoisotopic (exact) mass is 369 g/mol. The third kappa shape index (κ3) is 4.84. The molecule has 1 saturated heterocycles. The van der Waals surface area contributed by atoms with Crippen LogP contribution in [0.1, 0.15) is 22.2 Å². The number of hydrogen-bond acceptors (Lipinski definition) is 6. The summed E-state index contributed by atoms with van der Waals surface area (Å²) in [5.74, 6) is -0.590. The van der Waals surface area contributed by atoms with Crippen molar-refractivity contribution in [2.75, 3.05) is 13.2 Å². The molecule has 0 bridgehead atoms. The molecule has 0 aromatic heterocycles. The Balaban J connectivity index is 1.77. The molecule has 0 aliphatic carbocycles. The first-order valence-electron chi connectivity index (χ1n) is 8.46. The number of carbonyl (C=O) groups excluding carboxylic acids is 1. The average Bonchev–Trinajstić information content (AvgIpc) is 2.72. The van der Waals surface area contributed by atoms with Crippen molar-refractivity contribution >= 4 is 5.97 Å². The molecule has 0 saturated carbocycles.